The fourth-order valence-corrected chi connectivity index (χ4v) is 3.73. The number of likely N-dealkylation sites (tertiary alicyclic amines) is 1. The first-order chi connectivity index (χ1) is 8.28. The minimum Gasteiger partial charge on any atom is -0.392 e. The van der Waals surface area contributed by atoms with Crippen LogP contribution >= 0.6 is 0 Å². The van der Waals surface area contributed by atoms with Crippen molar-refractivity contribution < 1.29 is 5.11 Å². The average molecular weight is 239 g/mol. The molecule has 2 unspecified atom stereocenters. The van der Waals surface area contributed by atoms with Gasteiger partial charge in [-0.25, -0.2) is 0 Å². The third-order valence-electron chi connectivity index (χ3n) is 4.62. The molecule has 1 N–H and O–H groups in total. The molecule has 1 saturated heterocycles. The first-order valence-electron chi connectivity index (χ1n) is 7.68. The Morgan fingerprint density at radius 2 is 1.94 bits per heavy atom. The number of β-amino-alcohol motifs (C(OH)–C–C–N with tert-alkyl or cyclic N) is 1. The van der Waals surface area contributed by atoms with Crippen LogP contribution < -0.4 is 0 Å². The fraction of sp³-hybridized carbons (Fsp3) is 1.00. The van der Waals surface area contributed by atoms with Gasteiger partial charge in [0.05, 0.1) is 6.10 Å². The zero-order valence-electron chi connectivity index (χ0n) is 11.4. The summed E-state index contributed by atoms with van der Waals surface area (Å²) >= 11 is 0. The Morgan fingerprint density at radius 1 is 1.18 bits per heavy atom. The number of rotatable bonds is 6. The maximum Gasteiger partial charge on any atom is 0.0669 e. The van der Waals surface area contributed by atoms with Crippen LogP contribution in [0.1, 0.15) is 58.3 Å². The van der Waals surface area contributed by atoms with Crippen LogP contribution in [-0.2, 0) is 0 Å². The molecule has 0 radical (unpaired) electrons. The van der Waals surface area contributed by atoms with E-state index >= 15 is 0 Å². The maximum atomic E-state index is 10.1. The van der Waals surface area contributed by atoms with Crippen LogP contribution in [0.5, 0.6) is 0 Å². The number of hydrogen-bond acceptors (Lipinski definition) is 2. The lowest BCUT2D eigenvalue weighted by atomic mass is 10.00. The number of nitrogens with zero attached hydrogens (tertiary/aromatic N) is 1. The molecule has 2 aliphatic rings. The van der Waals surface area contributed by atoms with Gasteiger partial charge >= 0.3 is 0 Å². The largest absolute Gasteiger partial charge is 0.392 e. The second kappa shape index (κ2) is 6.75. The van der Waals surface area contributed by atoms with Crippen molar-refractivity contribution in [2.45, 2.75) is 64.4 Å². The summed E-state index contributed by atoms with van der Waals surface area (Å²) in [4.78, 5) is 2.49. The van der Waals surface area contributed by atoms with Gasteiger partial charge in [0.25, 0.3) is 0 Å². The number of aliphatic hydroxyl groups excluding tert-OH is 1. The lowest BCUT2D eigenvalue weighted by molar-refractivity contribution is 0.0996. The summed E-state index contributed by atoms with van der Waals surface area (Å²) in [6, 6.07) is 0. The third kappa shape index (κ3) is 4.26. The second-order valence-electron chi connectivity index (χ2n) is 6.24. The molecule has 2 fully saturated rings. The first-order valence-corrected chi connectivity index (χ1v) is 7.68. The molecule has 0 spiro atoms. The summed E-state index contributed by atoms with van der Waals surface area (Å²) in [5.41, 5.74) is 0. The monoisotopic (exact) mass is 239 g/mol. The van der Waals surface area contributed by atoms with Crippen LogP contribution in [0.15, 0.2) is 0 Å². The van der Waals surface area contributed by atoms with E-state index in [1.807, 2.05) is 0 Å². The van der Waals surface area contributed by atoms with E-state index in [-0.39, 0.29) is 6.10 Å². The van der Waals surface area contributed by atoms with E-state index in [0.717, 1.165) is 24.8 Å². The highest BCUT2D eigenvalue weighted by Gasteiger charge is 2.25. The van der Waals surface area contributed by atoms with Gasteiger partial charge in [-0.1, -0.05) is 39.0 Å². The van der Waals surface area contributed by atoms with Crippen LogP contribution in [0.4, 0.5) is 0 Å². The maximum absolute atomic E-state index is 10.1. The standard InChI is InChI=1S/C15H29NO/c1-2-5-14-8-9-16(11-14)12-15(17)10-13-6-3-4-7-13/h13-15,17H,2-12H2,1H3. The van der Waals surface area contributed by atoms with Crippen LogP contribution in [0.2, 0.25) is 0 Å². The molecule has 2 heteroatoms. The van der Waals surface area contributed by atoms with Gasteiger partial charge in [-0.3, -0.25) is 0 Å². The number of hydrogen-bond donors (Lipinski definition) is 1. The fourth-order valence-electron chi connectivity index (χ4n) is 3.73. The Labute approximate surface area is 106 Å². The van der Waals surface area contributed by atoms with E-state index in [2.05, 4.69) is 11.8 Å². The number of aliphatic hydroxyl groups is 1. The van der Waals surface area contributed by atoms with Crippen LogP contribution in [-0.4, -0.2) is 35.7 Å². The molecular weight excluding hydrogens is 210 g/mol. The van der Waals surface area contributed by atoms with E-state index in [4.69, 9.17) is 0 Å². The molecule has 1 aliphatic heterocycles. The quantitative estimate of drug-likeness (QED) is 0.770. The Bertz CT molecular complexity index is 213. The minimum absolute atomic E-state index is 0.0709. The van der Waals surface area contributed by atoms with Gasteiger partial charge < -0.3 is 10.0 Å². The van der Waals surface area contributed by atoms with Gasteiger partial charge in [-0.2, -0.15) is 0 Å². The Hall–Kier alpha value is -0.0800. The second-order valence-corrected chi connectivity index (χ2v) is 6.24. The topological polar surface area (TPSA) is 23.5 Å². The SMILES string of the molecule is CCCC1CCN(CC(O)CC2CCCC2)C1. The van der Waals surface area contributed by atoms with Gasteiger partial charge in [-0.15, -0.1) is 0 Å². The molecule has 0 amide bonds. The lowest BCUT2D eigenvalue weighted by Crippen LogP contribution is -2.31. The summed E-state index contributed by atoms with van der Waals surface area (Å²) in [6.45, 7) is 5.65. The summed E-state index contributed by atoms with van der Waals surface area (Å²) < 4.78 is 0. The molecule has 1 heterocycles. The van der Waals surface area contributed by atoms with Crippen LogP contribution in [0.25, 0.3) is 0 Å². The molecule has 2 rings (SSSR count). The molecule has 2 atom stereocenters. The predicted molar refractivity (Wildman–Crippen MR) is 72.0 cm³/mol. The van der Waals surface area contributed by atoms with Crippen LogP contribution in [0, 0.1) is 11.8 Å². The summed E-state index contributed by atoms with van der Waals surface area (Å²) in [7, 11) is 0. The van der Waals surface area contributed by atoms with E-state index in [0.29, 0.717) is 0 Å². The third-order valence-corrected chi connectivity index (χ3v) is 4.62. The van der Waals surface area contributed by atoms with Gasteiger partial charge in [0.1, 0.15) is 0 Å². The zero-order valence-corrected chi connectivity index (χ0v) is 11.4. The normalized spacial score (nSPS) is 28.9. The predicted octanol–water partition coefficient (Wildman–Crippen LogP) is 3.05. The summed E-state index contributed by atoms with van der Waals surface area (Å²) in [5.74, 6) is 1.72. The van der Waals surface area contributed by atoms with Crippen LogP contribution in [0.3, 0.4) is 0 Å². The molecule has 1 saturated carbocycles. The lowest BCUT2D eigenvalue weighted by Gasteiger charge is -2.22. The summed E-state index contributed by atoms with van der Waals surface area (Å²) in [5, 5.41) is 10.1. The average Bonchev–Trinajstić information content (AvgIpc) is 2.91. The molecule has 0 aromatic rings. The van der Waals surface area contributed by atoms with E-state index in [1.165, 1.54) is 58.0 Å². The van der Waals surface area contributed by atoms with Crippen molar-refractivity contribution in [2.75, 3.05) is 19.6 Å². The molecule has 1 aliphatic carbocycles. The highest BCUT2D eigenvalue weighted by molar-refractivity contribution is 4.79. The van der Waals surface area contributed by atoms with Gasteiger partial charge in [0.2, 0.25) is 0 Å². The van der Waals surface area contributed by atoms with Crippen molar-refractivity contribution >= 4 is 0 Å². The van der Waals surface area contributed by atoms with Crippen molar-refractivity contribution in [3.05, 3.63) is 0 Å². The Balaban J connectivity index is 1.63. The minimum atomic E-state index is -0.0709. The Morgan fingerprint density at radius 3 is 2.65 bits per heavy atom. The molecule has 2 nitrogen and oxygen atoms in total. The van der Waals surface area contributed by atoms with Gasteiger partial charge in [0.15, 0.2) is 0 Å². The van der Waals surface area contributed by atoms with E-state index in [1.54, 1.807) is 0 Å². The Kier molecular flexibility index (Phi) is 5.30. The summed E-state index contributed by atoms with van der Waals surface area (Å²) in [6.07, 6.45) is 10.5. The molecule has 100 valence electrons. The molecule has 0 aromatic heterocycles. The molecular formula is C15H29NO. The van der Waals surface area contributed by atoms with Crippen molar-refractivity contribution in [3.8, 4) is 0 Å². The molecule has 0 bridgehead atoms. The van der Waals surface area contributed by atoms with E-state index in [9.17, 15) is 5.11 Å². The van der Waals surface area contributed by atoms with Gasteiger partial charge in [-0.05, 0) is 37.6 Å². The van der Waals surface area contributed by atoms with Gasteiger partial charge in [0, 0.05) is 13.1 Å². The highest BCUT2D eigenvalue weighted by Crippen LogP contribution is 2.29. The van der Waals surface area contributed by atoms with E-state index < -0.39 is 0 Å². The molecule has 17 heavy (non-hydrogen) atoms. The zero-order chi connectivity index (χ0) is 12.1. The van der Waals surface area contributed by atoms with Crippen molar-refractivity contribution in [3.63, 3.8) is 0 Å². The first kappa shape index (κ1) is 13.4. The van der Waals surface area contributed by atoms with Crippen molar-refractivity contribution in [2.24, 2.45) is 11.8 Å². The van der Waals surface area contributed by atoms with Crippen molar-refractivity contribution in [1.82, 2.24) is 4.90 Å². The van der Waals surface area contributed by atoms with Crippen molar-refractivity contribution in [1.29, 1.82) is 0 Å². The smallest absolute Gasteiger partial charge is 0.0669 e. The molecule has 0 aromatic carbocycles. The highest BCUT2D eigenvalue weighted by atomic mass is 16.3.